The van der Waals surface area contributed by atoms with E-state index in [1.54, 1.807) is 17.0 Å². The minimum absolute atomic E-state index is 0.130. The summed E-state index contributed by atoms with van der Waals surface area (Å²) >= 11 is 0. The van der Waals surface area contributed by atoms with Gasteiger partial charge in [0.25, 0.3) is 5.91 Å². The first kappa shape index (κ1) is 28.0. The second-order valence-electron chi connectivity index (χ2n) is 11.4. The number of amides is 2. The van der Waals surface area contributed by atoms with Crippen molar-refractivity contribution in [2.75, 3.05) is 24.5 Å². The van der Waals surface area contributed by atoms with E-state index < -0.39 is 28.7 Å². The maximum Gasteiger partial charge on any atom is 0.410 e. The fourth-order valence-electron chi connectivity index (χ4n) is 5.42. The van der Waals surface area contributed by atoms with Crippen LogP contribution in [0, 0.1) is 23.0 Å². The number of aromatic nitrogens is 2. The lowest BCUT2D eigenvalue weighted by molar-refractivity contribution is -0.0362. The van der Waals surface area contributed by atoms with Crippen molar-refractivity contribution < 1.29 is 23.1 Å². The lowest BCUT2D eigenvalue weighted by atomic mass is 9.84. The molecule has 0 radical (unpaired) electrons. The minimum atomic E-state index is -0.750. The SMILES string of the molecule is CC(C)(C)OC(=O)N1CC[C@]12CCN(c1c(C(=O)NCc3ccnc(C#N)c3)cncc1-c1cc(F)cc(F)c1)C2. The van der Waals surface area contributed by atoms with Crippen LogP contribution in [0.4, 0.5) is 19.3 Å². The normalized spacial score (nSPS) is 18.1. The Bertz CT molecular complexity index is 1530. The Morgan fingerprint density at radius 1 is 1.12 bits per heavy atom. The number of nitrogens with one attached hydrogen (secondary N) is 1. The molecule has 1 spiro atoms. The maximum atomic E-state index is 14.3. The summed E-state index contributed by atoms with van der Waals surface area (Å²) < 4.78 is 34.2. The zero-order valence-electron chi connectivity index (χ0n) is 23.1. The molecule has 41 heavy (non-hydrogen) atoms. The van der Waals surface area contributed by atoms with Gasteiger partial charge in [0.2, 0.25) is 0 Å². The molecule has 1 atom stereocenters. The number of nitrogens with zero attached hydrogens (tertiary/aromatic N) is 5. The summed E-state index contributed by atoms with van der Waals surface area (Å²) in [5.41, 5.74) is 1.13. The van der Waals surface area contributed by atoms with Gasteiger partial charge < -0.3 is 19.9 Å². The van der Waals surface area contributed by atoms with Crippen molar-refractivity contribution >= 4 is 17.7 Å². The van der Waals surface area contributed by atoms with Crippen molar-refractivity contribution in [2.45, 2.75) is 51.3 Å². The monoisotopic (exact) mass is 560 g/mol. The third kappa shape index (κ3) is 5.82. The number of nitriles is 1. The quantitative estimate of drug-likeness (QED) is 0.477. The van der Waals surface area contributed by atoms with Gasteiger partial charge in [-0.3, -0.25) is 9.78 Å². The molecular weight excluding hydrogens is 530 g/mol. The Morgan fingerprint density at radius 3 is 2.51 bits per heavy atom. The molecule has 5 rings (SSSR count). The molecule has 212 valence electrons. The fourth-order valence-corrected chi connectivity index (χ4v) is 5.42. The van der Waals surface area contributed by atoms with E-state index >= 15 is 0 Å². The molecule has 0 aliphatic carbocycles. The van der Waals surface area contributed by atoms with Gasteiger partial charge in [-0.1, -0.05) is 0 Å². The Kier molecular flexibility index (Phi) is 7.34. The molecule has 2 amide bonds. The van der Waals surface area contributed by atoms with E-state index in [9.17, 15) is 18.4 Å². The molecule has 2 aliphatic heterocycles. The van der Waals surface area contributed by atoms with Crippen molar-refractivity contribution in [3.8, 4) is 17.2 Å². The second-order valence-corrected chi connectivity index (χ2v) is 11.4. The Morgan fingerprint density at radius 2 is 1.85 bits per heavy atom. The number of hydrogen-bond acceptors (Lipinski definition) is 7. The van der Waals surface area contributed by atoms with E-state index in [1.807, 2.05) is 31.7 Å². The highest BCUT2D eigenvalue weighted by molar-refractivity contribution is 6.03. The van der Waals surface area contributed by atoms with Crippen molar-refractivity contribution in [3.63, 3.8) is 0 Å². The van der Waals surface area contributed by atoms with Crippen molar-refractivity contribution in [1.29, 1.82) is 5.26 Å². The number of rotatable bonds is 5. The van der Waals surface area contributed by atoms with Gasteiger partial charge in [0, 0.05) is 56.4 Å². The largest absolute Gasteiger partial charge is 0.444 e. The van der Waals surface area contributed by atoms with Crippen LogP contribution >= 0.6 is 0 Å². The predicted octanol–water partition coefficient (Wildman–Crippen LogP) is 4.81. The third-order valence-electron chi connectivity index (χ3n) is 7.36. The smallest absolute Gasteiger partial charge is 0.410 e. The number of carbonyl (C=O) groups is 2. The van der Waals surface area contributed by atoms with Crippen LogP contribution in [0.5, 0.6) is 0 Å². The van der Waals surface area contributed by atoms with E-state index in [0.29, 0.717) is 42.9 Å². The van der Waals surface area contributed by atoms with Crippen LogP contribution in [0.15, 0.2) is 48.9 Å². The lowest BCUT2D eigenvalue weighted by Crippen LogP contribution is -2.64. The van der Waals surface area contributed by atoms with Crippen LogP contribution in [-0.4, -0.2) is 57.6 Å². The Balaban J connectivity index is 1.48. The highest BCUT2D eigenvalue weighted by Crippen LogP contribution is 2.44. The minimum Gasteiger partial charge on any atom is -0.444 e. The molecular formula is C30H30F2N6O3. The molecule has 4 heterocycles. The first-order valence-electron chi connectivity index (χ1n) is 13.3. The summed E-state index contributed by atoms with van der Waals surface area (Å²) in [7, 11) is 0. The van der Waals surface area contributed by atoms with E-state index in [2.05, 4.69) is 15.3 Å². The van der Waals surface area contributed by atoms with Crippen LogP contribution in [-0.2, 0) is 11.3 Å². The second kappa shape index (κ2) is 10.8. The molecule has 2 aromatic heterocycles. The highest BCUT2D eigenvalue weighted by Gasteiger charge is 2.53. The average Bonchev–Trinajstić information content (AvgIpc) is 3.37. The summed E-state index contributed by atoms with van der Waals surface area (Å²) in [5, 5.41) is 12.0. The molecule has 3 aromatic rings. The summed E-state index contributed by atoms with van der Waals surface area (Å²) in [6, 6.07) is 8.44. The summed E-state index contributed by atoms with van der Waals surface area (Å²) in [6.07, 6.45) is 5.42. The maximum absolute atomic E-state index is 14.3. The molecule has 2 aliphatic rings. The van der Waals surface area contributed by atoms with Crippen molar-refractivity contribution in [3.05, 3.63) is 77.4 Å². The van der Waals surface area contributed by atoms with E-state index in [0.717, 1.165) is 12.5 Å². The van der Waals surface area contributed by atoms with Crippen LogP contribution in [0.3, 0.4) is 0 Å². The van der Waals surface area contributed by atoms with Gasteiger partial charge in [-0.05, 0) is 69.0 Å². The molecule has 9 nitrogen and oxygen atoms in total. The van der Waals surface area contributed by atoms with Gasteiger partial charge in [0.05, 0.1) is 16.8 Å². The molecule has 1 aromatic carbocycles. The molecule has 1 N–H and O–H groups in total. The van der Waals surface area contributed by atoms with Gasteiger partial charge in [-0.15, -0.1) is 0 Å². The van der Waals surface area contributed by atoms with Crippen LogP contribution < -0.4 is 10.2 Å². The van der Waals surface area contributed by atoms with Gasteiger partial charge in [0.1, 0.15) is 29.0 Å². The fraction of sp³-hybridized carbons (Fsp3) is 0.367. The topological polar surface area (TPSA) is 111 Å². The number of anilines is 1. The van der Waals surface area contributed by atoms with E-state index in [-0.39, 0.29) is 29.5 Å². The van der Waals surface area contributed by atoms with Crippen LogP contribution in [0.2, 0.25) is 0 Å². The lowest BCUT2D eigenvalue weighted by Gasteiger charge is -2.50. The number of benzene rings is 1. The zero-order valence-corrected chi connectivity index (χ0v) is 23.1. The summed E-state index contributed by atoms with van der Waals surface area (Å²) in [5.74, 6) is -1.94. The Hall–Kier alpha value is -4.59. The number of pyridine rings is 2. The van der Waals surface area contributed by atoms with Gasteiger partial charge >= 0.3 is 6.09 Å². The van der Waals surface area contributed by atoms with Gasteiger partial charge in [0.15, 0.2) is 0 Å². The molecule has 0 bridgehead atoms. The number of likely N-dealkylation sites (tertiary alicyclic amines) is 1. The highest BCUT2D eigenvalue weighted by atomic mass is 19.1. The van der Waals surface area contributed by atoms with Gasteiger partial charge in [-0.25, -0.2) is 18.6 Å². The average molecular weight is 561 g/mol. The van der Waals surface area contributed by atoms with E-state index in [1.165, 1.54) is 30.7 Å². The molecule has 2 fully saturated rings. The van der Waals surface area contributed by atoms with Crippen molar-refractivity contribution in [2.24, 2.45) is 0 Å². The first-order valence-corrected chi connectivity index (χ1v) is 13.3. The van der Waals surface area contributed by atoms with Gasteiger partial charge in [-0.2, -0.15) is 5.26 Å². The van der Waals surface area contributed by atoms with Crippen LogP contribution in [0.1, 0.15) is 55.2 Å². The first-order chi connectivity index (χ1) is 19.5. The number of halogens is 2. The molecule has 11 heteroatoms. The number of hydrogen-bond donors (Lipinski definition) is 1. The predicted molar refractivity (Wildman–Crippen MR) is 147 cm³/mol. The Labute approximate surface area is 236 Å². The third-order valence-corrected chi connectivity index (χ3v) is 7.36. The van der Waals surface area contributed by atoms with Crippen LogP contribution in [0.25, 0.3) is 11.1 Å². The summed E-state index contributed by atoms with van der Waals surface area (Å²) in [4.78, 5) is 38.4. The standard InChI is InChI=1S/C30H30F2N6O3/c1-29(2,3)41-28(40)38-9-6-30(38)5-8-37(18-30)26-24(20-11-21(31)13-22(32)12-20)16-34-17-25(26)27(39)36-15-19-4-7-35-23(10-19)14-33/h4,7,10-13,16-17H,5-6,8-9,15,18H2,1-3H3,(H,36,39)/t30-/m0/s1. The number of carbonyl (C=O) groups excluding carboxylic acids is 2. The number of ether oxygens (including phenoxy) is 1. The van der Waals surface area contributed by atoms with E-state index in [4.69, 9.17) is 10.00 Å². The molecule has 0 saturated carbocycles. The summed E-state index contributed by atoms with van der Waals surface area (Å²) in [6.45, 7) is 7.06. The zero-order chi connectivity index (χ0) is 29.4. The molecule has 0 unspecified atom stereocenters. The molecule has 2 saturated heterocycles. The van der Waals surface area contributed by atoms with Crippen molar-refractivity contribution in [1.82, 2.24) is 20.2 Å².